The molecular weight excluding hydrogens is 510 g/mol. The Balaban J connectivity index is 1.36. The van der Waals surface area contributed by atoms with Crippen molar-refractivity contribution in [3.8, 4) is 0 Å². The number of hydrogen-bond acceptors (Lipinski definition) is 8. The van der Waals surface area contributed by atoms with E-state index in [1.165, 1.54) is 10.8 Å². The molecule has 4 N–H and O–H groups in total. The van der Waals surface area contributed by atoms with Crippen LogP contribution in [0.25, 0.3) is 0 Å². The first-order valence-corrected chi connectivity index (χ1v) is 12.9. The largest absolute Gasteiger partial charge is 0.481 e. The van der Waals surface area contributed by atoms with Gasteiger partial charge < -0.3 is 21.1 Å². The van der Waals surface area contributed by atoms with Gasteiger partial charge in [0.1, 0.15) is 12.4 Å². The second kappa shape index (κ2) is 11.2. The van der Waals surface area contributed by atoms with E-state index in [1.807, 2.05) is 12.1 Å². The predicted octanol–water partition coefficient (Wildman–Crippen LogP) is 2.87. The van der Waals surface area contributed by atoms with E-state index in [9.17, 15) is 19.5 Å². The van der Waals surface area contributed by atoms with Gasteiger partial charge in [-0.25, -0.2) is 9.97 Å². The molecule has 198 valence electrons. The van der Waals surface area contributed by atoms with Gasteiger partial charge in [-0.15, -0.1) is 0 Å². The standard InChI is InChI=1S/C26H28ClN7O4/c27-23-22(15-5-6-15)34(14-20(35)32-19(11-21(36)37)17-4-1-9-28-12-17)26(38)25(33-23)30-13-18-8-7-16-3-2-10-29-24(16)31-18/h1,4,7-9,12,15,19H,2-3,5-6,10-11,13-14H2,(H,29,31)(H,30,33)(H,32,35)(H,36,37)/t19-/m0/s1. The smallest absolute Gasteiger partial charge is 0.305 e. The number of carbonyl (C=O) groups excluding carboxylic acids is 1. The Hall–Kier alpha value is -3.99. The monoisotopic (exact) mass is 537 g/mol. The maximum absolute atomic E-state index is 13.5. The quantitative estimate of drug-likeness (QED) is 0.306. The Bertz CT molecular complexity index is 1410. The molecule has 1 fully saturated rings. The van der Waals surface area contributed by atoms with Gasteiger partial charge in [-0.1, -0.05) is 23.7 Å². The number of halogens is 1. The van der Waals surface area contributed by atoms with Crippen molar-refractivity contribution in [2.75, 3.05) is 17.2 Å². The molecule has 0 spiro atoms. The van der Waals surface area contributed by atoms with E-state index in [1.54, 1.807) is 18.3 Å². The third-order valence-corrected chi connectivity index (χ3v) is 6.89. The van der Waals surface area contributed by atoms with Crippen molar-refractivity contribution in [3.63, 3.8) is 0 Å². The summed E-state index contributed by atoms with van der Waals surface area (Å²) in [7, 11) is 0. The SMILES string of the molecule is O=C(O)C[C@H](NC(=O)Cn1c(C2CC2)c(Cl)nc(NCc2ccc3c(n2)NCCC3)c1=O)c1cccnc1. The summed E-state index contributed by atoms with van der Waals surface area (Å²) in [5, 5.41) is 18.6. The average Bonchev–Trinajstić information content (AvgIpc) is 3.75. The van der Waals surface area contributed by atoms with Crippen LogP contribution in [0.15, 0.2) is 41.5 Å². The maximum atomic E-state index is 13.5. The average molecular weight is 538 g/mol. The topological polar surface area (TPSA) is 151 Å². The number of carboxylic acids is 1. The molecule has 0 aromatic carbocycles. The first-order chi connectivity index (χ1) is 18.4. The fraction of sp³-hybridized carbons (Fsp3) is 0.385. The number of nitrogens with zero attached hydrogens (tertiary/aromatic N) is 4. The van der Waals surface area contributed by atoms with Gasteiger partial charge in [0.15, 0.2) is 11.0 Å². The van der Waals surface area contributed by atoms with Crippen molar-refractivity contribution in [1.82, 2.24) is 24.8 Å². The van der Waals surface area contributed by atoms with E-state index in [-0.39, 0.29) is 36.4 Å². The zero-order valence-corrected chi connectivity index (χ0v) is 21.4. The minimum Gasteiger partial charge on any atom is -0.481 e. The lowest BCUT2D eigenvalue weighted by molar-refractivity contribution is -0.137. The van der Waals surface area contributed by atoms with Gasteiger partial charge in [0.05, 0.1) is 30.4 Å². The van der Waals surface area contributed by atoms with Gasteiger partial charge >= 0.3 is 5.97 Å². The molecule has 5 rings (SSSR count). The van der Waals surface area contributed by atoms with Crippen molar-refractivity contribution in [2.24, 2.45) is 0 Å². The van der Waals surface area contributed by atoms with E-state index < -0.39 is 23.5 Å². The number of rotatable bonds is 10. The minimum atomic E-state index is -1.07. The van der Waals surface area contributed by atoms with Crippen LogP contribution in [-0.2, 0) is 29.1 Å². The van der Waals surface area contributed by atoms with Gasteiger partial charge in [0.2, 0.25) is 5.91 Å². The van der Waals surface area contributed by atoms with Crippen LogP contribution < -0.4 is 21.5 Å². The zero-order valence-electron chi connectivity index (χ0n) is 20.6. The molecule has 1 aliphatic carbocycles. The molecule has 3 aromatic rings. The van der Waals surface area contributed by atoms with Gasteiger partial charge in [-0.2, -0.15) is 0 Å². The summed E-state index contributed by atoms with van der Waals surface area (Å²) in [5.41, 5.74) is 2.50. The summed E-state index contributed by atoms with van der Waals surface area (Å²) < 4.78 is 1.34. The summed E-state index contributed by atoms with van der Waals surface area (Å²) in [4.78, 5) is 50.9. The number of amides is 1. The van der Waals surface area contributed by atoms with Crippen molar-refractivity contribution in [2.45, 2.75) is 57.2 Å². The Morgan fingerprint density at radius 2 is 2.08 bits per heavy atom. The normalized spacial score (nSPS) is 15.2. The van der Waals surface area contributed by atoms with Crippen LogP contribution >= 0.6 is 11.6 Å². The van der Waals surface area contributed by atoms with Crippen molar-refractivity contribution >= 4 is 35.1 Å². The van der Waals surface area contributed by atoms with Crippen LogP contribution in [0.3, 0.4) is 0 Å². The number of carbonyl (C=O) groups is 2. The third-order valence-electron chi connectivity index (χ3n) is 6.62. The lowest BCUT2D eigenvalue weighted by Gasteiger charge is -2.20. The summed E-state index contributed by atoms with van der Waals surface area (Å²) in [6.07, 6.45) is 6.48. The van der Waals surface area contributed by atoms with E-state index in [0.29, 0.717) is 11.3 Å². The van der Waals surface area contributed by atoms with Gasteiger partial charge in [-0.05, 0) is 48.9 Å². The molecule has 38 heavy (non-hydrogen) atoms. The molecule has 3 aromatic heterocycles. The maximum Gasteiger partial charge on any atom is 0.305 e. The molecule has 0 bridgehead atoms. The number of nitrogens with one attached hydrogen (secondary N) is 3. The highest BCUT2D eigenvalue weighted by molar-refractivity contribution is 6.30. The molecule has 1 aliphatic heterocycles. The van der Waals surface area contributed by atoms with E-state index in [0.717, 1.165) is 49.3 Å². The molecule has 12 heteroatoms. The fourth-order valence-corrected chi connectivity index (χ4v) is 4.94. The van der Waals surface area contributed by atoms with Crippen molar-refractivity contribution in [1.29, 1.82) is 0 Å². The molecule has 1 atom stereocenters. The van der Waals surface area contributed by atoms with Crippen LogP contribution in [0.1, 0.15) is 60.2 Å². The number of aryl methyl sites for hydroxylation is 1. The molecule has 1 amide bonds. The minimum absolute atomic E-state index is 0.0222. The highest BCUT2D eigenvalue weighted by Gasteiger charge is 2.32. The molecular formula is C26H28ClN7O4. The number of aliphatic carboxylic acids is 1. The zero-order chi connectivity index (χ0) is 26.6. The Morgan fingerprint density at radius 3 is 2.82 bits per heavy atom. The van der Waals surface area contributed by atoms with E-state index >= 15 is 0 Å². The Morgan fingerprint density at radius 1 is 1.24 bits per heavy atom. The van der Waals surface area contributed by atoms with Crippen LogP contribution in [0.2, 0.25) is 5.15 Å². The fourth-order valence-electron chi connectivity index (χ4n) is 4.60. The molecule has 0 radical (unpaired) electrons. The van der Waals surface area contributed by atoms with Gasteiger partial charge in [0.25, 0.3) is 5.56 Å². The number of carboxylic acid groups (broad SMARTS) is 1. The highest BCUT2D eigenvalue weighted by atomic mass is 35.5. The summed E-state index contributed by atoms with van der Waals surface area (Å²) >= 11 is 6.52. The second-order valence-corrected chi connectivity index (χ2v) is 9.86. The van der Waals surface area contributed by atoms with Gasteiger partial charge in [-0.3, -0.25) is 23.9 Å². The summed E-state index contributed by atoms with van der Waals surface area (Å²) in [5.74, 6) is -0.663. The molecule has 0 unspecified atom stereocenters. The first kappa shape index (κ1) is 25.7. The predicted molar refractivity (Wildman–Crippen MR) is 141 cm³/mol. The summed E-state index contributed by atoms with van der Waals surface area (Å²) in [6.45, 7) is 0.806. The van der Waals surface area contributed by atoms with E-state index in [4.69, 9.17) is 11.6 Å². The number of anilines is 2. The van der Waals surface area contributed by atoms with Gasteiger partial charge in [0, 0.05) is 24.9 Å². The van der Waals surface area contributed by atoms with Crippen LogP contribution in [0.5, 0.6) is 0 Å². The van der Waals surface area contributed by atoms with Crippen molar-refractivity contribution < 1.29 is 14.7 Å². The Kier molecular flexibility index (Phi) is 7.54. The second-order valence-electron chi connectivity index (χ2n) is 9.50. The third kappa shape index (κ3) is 5.94. The van der Waals surface area contributed by atoms with Crippen LogP contribution in [0.4, 0.5) is 11.6 Å². The molecule has 1 saturated carbocycles. The number of aromatic nitrogens is 4. The summed E-state index contributed by atoms with van der Waals surface area (Å²) in [6, 6.07) is 6.50. The molecule has 0 saturated heterocycles. The van der Waals surface area contributed by atoms with Crippen LogP contribution in [-0.4, -0.2) is 43.0 Å². The Labute approximate surface area is 223 Å². The molecule has 11 nitrogen and oxygen atoms in total. The van der Waals surface area contributed by atoms with Crippen molar-refractivity contribution in [3.05, 3.63) is 74.7 Å². The van der Waals surface area contributed by atoms with E-state index in [2.05, 4.69) is 30.9 Å². The lowest BCUT2D eigenvalue weighted by Crippen LogP contribution is -2.37. The number of pyridine rings is 2. The molecule has 2 aliphatic rings. The molecule has 4 heterocycles. The number of fused-ring (bicyclic) bond motifs is 1. The van der Waals surface area contributed by atoms with Crippen LogP contribution in [0, 0.1) is 0 Å². The first-order valence-electron chi connectivity index (χ1n) is 12.6. The highest BCUT2D eigenvalue weighted by Crippen LogP contribution is 2.42. The lowest BCUT2D eigenvalue weighted by atomic mass is 10.1. The number of hydrogen-bond donors (Lipinski definition) is 4.